The lowest BCUT2D eigenvalue weighted by Gasteiger charge is -2.42. The van der Waals surface area contributed by atoms with E-state index < -0.39 is 10.0 Å². The van der Waals surface area contributed by atoms with E-state index in [1.807, 2.05) is 0 Å². The van der Waals surface area contributed by atoms with Gasteiger partial charge in [-0.05, 0) is 205 Å². The fourth-order valence-corrected chi connectivity index (χ4v) is 17.5. The van der Waals surface area contributed by atoms with E-state index in [0.717, 1.165) is 5.69 Å². The quantitative estimate of drug-likeness (QED) is 0.138. The van der Waals surface area contributed by atoms with Crippen molar-refractivity contribution in [1.82, 2.24) is 4.57 Å². The second-order valence-corrected chi connectivity index (χ2v) is 24.4. The first kappa shape index (κ1) is 46.0. The summed E-state index contributed by atoms with van der Waals surface area (Å²) >= 11 is 0. The summed E-state index contributed by atoms with van der Waals surface area (Å²) in [7, 11) is -1.95. The number of fused-ring (bicyclic) bond motifs is 7. The number of aromatic nitrogens is 1. The van der Waals surface area contributed by atoms with Crippen molar-refractivity contribution in [3.63, 3.8) is 0 Å². The lowest BCUT2D eigenvalue weighted by molar-refractivity contribution is 1.18. The van der Waals surface area contributed by atoms with Crippen molar-refractivity contribution >= 4 is 72.0 Å². The molecule has 0 saturated heterocycles. The van der Waals surface area contributed by atoms with Gasteiger partial charge in [0.25, 0.3) is 6.71 Å². The van der Waals surface area contributed by atoms with Gasteiger partial charge < -0.3 is 9.47 Å². The Bertz CT molecular complexity index is 4150. The molecule has 0 amide bonds. The fourth-order valence-electron chi connectivity index (χ4n) is 13.6. The van der Waals surface area contributed by atoms with Gasteiger partial charge in [-0.25, -0.2) is 0 Å². The van der Waals surface area contributed by atoms with Crippen LogP contribution >= 0.6 is 10.0 Å². The van der Waals surface area contributed by atoms with E-state index in [4.69, 9.17) is 0 Å². The van der Waals surface area contributed by atoms with Crippen molar-refractivity contribution in [3.8, 4) is 39.1 Å². The van der Waals surface area contributed by atoms with E-state index >= 15 is 0 Å². The molecule has 0 aliphatic carbocycles. The third kappa shape index (κ3) is 6.97. The molecule has 1 aromatic heterocycles. The topological polar surface area (TPSA) is 8.17 Å². The largest absolute Gasteiger partial charge is 0.311 e. The maximum Gasteiger partial charge on any atom is 0.252 e. The van der Waals surface area contributed by atoms with Gasteiger partial charge in [-0.3, -0.25) is 0 Å². The van der Waals surface area contributed by atoms with Gasteiger partial charge in [-0.1, -0.05) is 157 Å². The van der Waals surface area contributed by atoms with Crippen LogP contribution in [0.25, 0.3) is 60.9 Å². The number of aryl methyl sites for hydroxylation is 6. The molecule has 2 nitrogen and oxygen atoms in total. The lowest BCUT2D eigenvalue weighted by atomic mass is 9.33. The van der Waals surface area contributed by atoms with Crippen LogP contribution in [-0.2, 0) is 0 Å². The molecule has 3 heterocycles. The zero-order valence-corrected chi connectivity index (χ0v) is 44.7. The summed E-state index contributed by atoms with van der Waals surface area (Å²) in [5.74, 6) is 0. The molecule has 0 bridgehead atoms. The molecule has 2 aliphatic rings. The number of hydrogen-bond acceptors (Lipinski definition) is 1. The summed E-state index contributed by atoms with van der Waals surface area (Å²) < 4.78 is 2.63. The number of nitrogens with zero attached hydrogens (tertiary/aromatic N) is 2. The summed E-state index contributed by atoms with van der Waals surface area (Å²) in [4.78, 5) is 7.79. The summed E-state index contributed by atoms with van der Waals surface area (Å²) in [5.41, 5.74) is 26.6. The first-order chi connectivity index (χ1) is 37.2. The standard InChI is InChI=1S/C72H57BN2S/c1-46-36-48(3)69(49(4)37-46)53-34-35-66-63(42-53)73-64-43-55(70-50(5)38-47(2)39-51(70)6)41-62-61-32-19-20-33-65(61)75(72(62)64)68-45-54(44-67(71(68)73)74(66)56-23-11-7-12-24-56)52-22-21-31-60(40-52)76(57-25-13-8-14-26-57,58-27-15-9-16-28-58)59-29-17-10-18-30-59/h7-45H,1-6H3. The van der Waals surface area contributed by atoms with Gasteiger partial charge in [-0.2, -0.15) is 0 Å². The predicted octanol–water partition coefficient (Wildman–Crippen LogP) is 17.6. The Balaban J connectivity index is 1.10. The second-order valence-electron chi connectivity index (χ2n) is 21.2. The summed E-state index contributed by atoms with van der Waals surface area (Å²) in [6.45, 7) is 13.5. The van der Waals surface area contributed by atoms with Crippen molar-refractivity contribution in [1.29, 1.82) is 0 Å². The molecule has 0 N–H and O–H groups in total. The van der Waals surface area contributed by atoms with Gasteiger partial charge in [0, 0.05) is 58.6 Å². The van der Waals surface area contributed by atoms with Crippen LogP contribution in [0, 0.1) is 41.5 Å². The average Bonchev–Trinajstić information content (AvgIpc) is 4.00. The Morgan fingerprint density at radius 1 is 0.342 bits per heavy atom. The van der Waals surface area contributed by atoms with Gasteiger partial charge in [0.2, 0.25) is 0 Å². The molecule has 76 heavy (non-hydrogen) atoms. The fraction of sp³-hybridized carbons (Fsp3) is 0.0833. The molecule has 0 radical (unpaired) electrons. The van der Waals surface area contributed by atoms with E-state index in [2.05, 4.69) is 288 Å². The number of anilines is 3. The van der Waals surface area contributed by atoms with Gasteiger partial charge in [0.05, 0.1) is 5.52 Å². The molecular formula is C72H57BN2S. The average molecular weight is 993 g/mol. The lowest BCUT2D eigenvalue weighted by Crippen LogP contribution is -2.60. The van der Waals surface area contributed by atoms with Crippen molar-refractivity contribution < 1.29 is 0 Å². The highest BCUT2D eigenvalue weighted by Crippen LogP contribution is 2.73. The molecule has 12 aromatic rings. The molecule has 0 atom stereocenters. The van der Waals surface area contributed by atoms with Gasteiger partial charge >= 0.3 is 0 Å². The number of rotatable bonds is 8. The van der Waals surface area contributed by atoms with E-state index in [1.54, 1.807) is 0 Å². The summed E-state index contributed by atoms with van der Waals surface area (Å²) in [5, 5.41) is 2.56. The Labute approximate surface area is 449 Å². The van der Waals surface area contributed by atoms with E-state index in [9.17, 15) is 0 Å². The molecule has 11 aromatic carbocycles. The summed E-state index contributed by atoms with van der Waals surface area (Å²) in [6.07, 6.45) is 0. The first-order valence-electron chi connectivity index (χ1n) is 26.7. The number of para-hydroxylation sites is 2. The predicted molar refractivity (Wildman–Crippen MR) is 325 cm³/mol. The highest BCUT2D eigenvalue weighted by molar-refractivity contribution is 8.34. The highest BCUT2D eigenvalue weighted by Gasteiger charge is 2.43. The maximum absolute atomic E-state index is 2.63. The van der Waals surface area contributed by atoms with Gasteiger partial charge in [0.15, 0.2) is 0 Å². The van der Waals surface area contributed by atoms with Crippen LogP contribution in [0.4, 0.5) is 17.1 Å². The van der Waals surface area contributed by atoms with Crippen LogP contribution in [0.3, 0.4) is 0 Å². The summed E-state index contributed by atoms with van der Waals surface area (Å²) in [6, 6.07) is 90.1. The minimum atomic E-state index is -1.95. The molecule has 0 spiro atoms. The normalized spacial score (nSPS) is 12.8. The Hall–Kier alpha value is -8.57. The third-order valence-electron chi connectivity index (χ3n) is 16.4. The van der Waals surface area contributed by atoms with Crippen LogP contribution in [-0.4, -0.2) is 11.3 Å². The van der Waals surface area contributed by atoms with E-state index in [0.29, 0.717) is 0 Å². The monoisotopic (exact) mass is 992 g/mol. The molecule has 0 fully saturated rings. The third-order valence-corrected chi connectivity index (χ3v) is 20.3. The van der Waals surface area contributed by atoms with Crippen LogP contribution in [0.1, 0.15) is 33.4 Å². The van der Waals surface area contributed by atoms with E-state index in [1.165, 1.54) is 142 Å². The molecule has 14 rings (SSSR count). The molecule has 0 unspecified atom stereocenters. The molecule has 364 valence electrons. The minimum Gasteiger partial charge on any atom is -0.311 e. The molecule has 4 heteroatoms. The second kappa shape index (κ2) is 17.8. The Kier molecular flexibility index (Phi) is 10.8. The van der Waals surface area contributed by atoms with E-state index in [-0.39, 0.29) is 6.71 Å². The number of benzene rings is 11. The smallest absolute Gasteiger partial charge is 0.252 e. The van der Waals surface area contributed by atoms with Crippen LogP contribution in [0.2, 0.25) is 0 Å². The Morgan fingerprint density at radius 3 is 1.46 bits per heavy atom. The van der Waals surface area contributed by atoms with Crippen molar-refractivity contribution in [3.05, 3.63) is 270 Å². The first-order valence-corrected chi connectivity index (χ1v) is 28.3. The van der Waals surface area contributed by atoms with Gasteiger partial charge in [-0.15, -0.1) is 10.0 Å². The van der Waals surface area contributed by atoms with Crippen LogP contribution in [0.5, 0.6) is 0 Å². The maximum atomic E-state index is 2.63. The van der Waals surface area contributed by atoms with Crippen molar-refractivity contribution in [2.24, 2.45) is 0 Å². The minimum absolute atomic E-state index is 0.0667. The highest BCUT2D eigenvalue weighted by atomic mass is 32.3. The van der Waals surface area contributed by atoms with Crippen LogP contribution in [0.15, 0.2) is 256 Å². The molecule has 2 aliphatic heterocycles. The zero-order valence-electron chi connectivity index (χ0n) is 43.9. The van der Waals surface area contributed by atoms with Crippen molar-refractivity contribution in [2.45, 2.75) is 61.1 Å². The molecular weight excluding hydrogens is 936 g/mol. The van der Waals surface area contributed by atoms with Crippen molar-refractivity contribution in [2.75, 3.05) is 4.90 Å². The number of hydrogen-bond donors (Lipinski definition) is 0. The Morgan fingerprint density at radius 2 is 0.855 bits per heavy atom. The molecule has 0 saturated carbocycles. The SMILES string of the molecule is Cc1cc(C)c(-c2ccc3c(c2)B2c4c(cc(-c5cccc(S(c6ccccc6)(c6ccccc6)c6ccccc6)c5)cc4-n4c5ccccc5c5cc(-c6c(C)cc(C)cc6C)cc2c54)N3c2ccccc2)c(C)c1. The van der Waals surface area contributed by atoms with Crippen LogP contribution < -0.4 is 21.3 Å². The zero-order chi connectivity index (χ0) is 51.4. The van der Waals surface area contributed by atoms with Gasteiger partial charge in [0.1, 0.15) is 0 Å².